The van der Waals surface area contributed by atoms with Gasteiger partial charge in [-0.05, 0) is 29.7 Å². The number of nitrogens with one attached hydrogen (secondary N) is 2. The van der Waals surface area contributed by atoms with Gasteiger partial charge in [0.15, 0.2) is 5.69 Å². The zero-order valence-electron chi connectivity index (χ0n) is 11.8. The number of nitro groups is 1. The standard InChI is InChI=1S/C13H19N3O5/c1-2-9(3-6-12(17)18)7-8-14-13(19)10-4-5-11(15-10)16(20)21/h4-5,9,15H,2-3,6-8H2,1H3,(H,14,19)(H,17,18). The molecule has 0 radical (unpaired) electrons. The summed E-state index contributed by atoms with van der Waals surface area (Å²) in [7, 11) is 0. The first-order valence-corrected chi connectivity index (χ1v) is 6.77. The third-order valence-electron chi connectivity index (χ3n) is 3.29. The van der Waals surface area contributed by atoms with E-state index in [2.05, 4.69) is 10.3 Å². The van der Waals surface area contributed by atoms with Crippen molar-refractivity contribution >= 4 is 17.7 Å². The number of aromatic amines is 1. The van der Waals surface area contributed by atoms with E-state index in [0.29, 0.717) is 19.4 Å². The number of carbonyl (C=O) groups is 2. The van der Waals surface area contributed by atoms with E-state index in [1.165, 1.54) is 12.1 Å². The molecule has 1 heterocycles. The van der Waals surface area contributed by atoms with Crippen molar-refractivity contribution in [3.8, 4) is 0 Å². The number of aromatic nitrogens is 1. The predicted octanol–water partition coefficient (Wildman–Crippen LogP) is 1.93. The summed E-state index contributed by atoms with van der Waals surface area (Å²) in [4.78, 5) is 34.6. The molecule has 8 heteroatoms. The molecule has 1 amide bonds. The lowest BCUT2D eigenvalue weighted by Crippen LogP contribution is -2.26. The second-order valence-corrected chi connectivity index (χ2v) is 4.77. The van der Waals surface area contributed by atoms with Crippen LogP contribution >= 0.6 is 0 Å². The van der Waals surface area contributed by atoms with Gasteiger partial charge in [-0.3, -0.25) is 9.59 Å². The van der Waals surface area contributed by atoms with Gasteiger partial charge in [0.2, 0.25) is 0 Å². The Morgan fingerprint density at radius 2 is 2.14 bits per heavy atom. The first-order valence-electron chi connectivity index (χ1n) is 6.77. The minimum atomic E-state index is -0.823. The first-order chi connectivity index (χ1) is 9.93. The summed E-state index contributed by atoms with van der Waals surface area (Å²) in [5.41, 5.74) is 0.139. The van der Waals surface area contributed by atoms with Crippen LogP contribution in [0.25, 0.3) is 0 Å². The van der Waals surface area contributed by atoms with Crippen LogP contribution in [0, 0.1) is 16.0 Å². The molecule has 1 atom stereocenters. The van der Waals surface area contributed by atoms with Crippen LogP contribution in [0.2, 0.25) is 0 Å². The lowest BCUT2D eigenvalue weighted by atomic mass is 9.96. The SMILES string of the molecule is CCC(CCNC(=O)c1ccc([N+](=O)[O-])[nH]1)CCC(=O)O. The highest BCUT2D eigenvalue weighted by atomic mass is 16.6. The quantitative estimate of drug-likeness (QED) is 0.474. The highest BCUT2D eigenvalue weighted by molar-refractivity contribution is 5.92. The van der Waals surface area contributed by atoms with E-state index < -0.39 is 16.8 Å². The van der Waals surface area contributed by atoms with Gasteiger partial charge in [0.25, 0.3) is 5.91 Å². The number of nitrogens with zero attached hydrogens (tertiary/aromatic N) is 1. The molecule has 0 aliphatic heterocycles. The Bertz CT molecular complexity index is 512. The highest BCUT2D eigenvalue weighted by Gasteiger charge is 2.15. The number of carboxylic acids is 1. The van der Waals surface area contributed by atoms with Gasteiger partial charge in [0.1, 0.15) is 0 Å². The van der Waals surface area contributed by atoms with Crippen molar-refractivity contribution in [1.29, 1.82) is 0 Å². The number of amides is 1. The van der Waals surface area contributed by atoms with Gasteiger partial charge in [-0.2, -0.15) is 0 Å². The smallest absolute Gasteiger partial charge is 0.321 e. The summed E-state index contributed by atoms with van der Waals surface area (Å²) in [6.45, 7) is 2.38. The van der Waals surface area contributed by atoms with Gasteiger partial charge in [-0.15, -0.1) is 0 Å². The topological polar surface area (TPSA) is 125 Å². The molecule has 1 unspecified atom stereocenters. The van der Waals surface area contributed by atoms with Gasteiger partial charge in [0.05, 0.1) is 0 Å². The third kappa shape index (κ3) is 5.64. The molecule has 0 aliphatic carbocycles. The number of hydrogen-bond donors (Lipinski definition) is 3. The maximum atomic E-state index is 11.8. The van der Waals surface area contributed by atoms with E-state index in [9.17, 15) is 19.7 Å². The predicted molar refractivity (Wildman–Crippen MR) is 75.0 cm³/mol. The molecule has 8 nitrogen and oxygen atoms in total. The van der Waals surface area contributed by atoms with Crippen molar-refractivity contribution in [1.82, 2.24) is 10.3 Å². The molecule has 0 aliphatic rings. The summed E-state index contributed by atoms with van der Waals surface area (Å²) in [6.07, 6.45) is 2.22. The molecule has 1 aromatic heterocycles. The van der Waals surface area contributed by atoms with Gasteiger partial charge in [0, 0.05) is 19.0 Å². The van der Waals surface area contributed by atoms with Crippen LogP contribution in [-0.4, -0.2) is 33.4 Å². The van der Waals surface area contributed by atoms with Crippen LogP contribution < -0.4 is 5.32 Å². The third-order valence-corrected chi connectivity index (χ3v) is 3.29. The van der Waals surface area contributed by atoms with E-state index in [0.717, 1.165) is 6.42 Å². The Hall–Kier alpha value is -2.38. The lowest BCUT2D eigenvalue weighted by Gasteiger charge is -2.13. The van der Waals surface area contributed by atoms with E-state index in [-0.39, 0.29) is 23.9 Å². The van der Waals surface area contributed by atoms with Crippen LogP contribution in [-0.2, 0) is 4.79 Å². The molecule has 3 N–H and O–H groups in total. The first kappa shape index (κ1) is 16.7. The Labute approximate surface area is 121 Å². The van der Waals surface area contributed by atoms with E-state index >= 15 is 0 Å². The number of H-pyrrole nitrogens is 1. The summed E-state index contributed by atoms with van der Waals surface area (Å²) >= 11 is 0. The summed E-state index contributed by atoms with van der Waals surface area (Å²) in [5.74, 6) is -1.22. The zero-order chi connectivity index (χ0) is 15.8. The fourth-order valence-electron chi connectivity index (χ4n) is 1.99. The van der Waals surface area contributed by atoms with Crippen LogP contribution in [0.4, 0.5) is 5.82 Å². The molecule has 0 spiro atoms. The van der Waals surface area contributed by atoms with Crippen LogP contribution in [0.15, 0.2) is 12.1 Å². The lowest BCUT2D eigenvalue weighted by molar-refractivity contribution is -0.389. The Morgan fingerprint density at radius 3 is 2.67 bits per heavy atom. The maximum Gasteiger partial charge on any atom is 0.321 e. The van der Waals surface area contributed by atoms with Crippen molar-refractivity contribution in [2.24, 2.45) is 5.92 Å². The summed E-state index contributed by atoms with van der Waals surface area (Å²) in [5, 5.41) is 21.8. The van der Waals surface area contributed by atoms with Gasteiger partial charge in [-0.25, -0.2) is 4.98 Å². The van der Waals surface area contributed by atoms with Crippen LogP contribution in [0.5, 0.6) is 0 Å². The molecule has 0 saturated heterocycles. The normalized spacial score (nSPS) is 11.9. The average Bonchev–Trinajstić information content (AvgIpc) is 2.92. The van der Waals surface area contributed by atoms with Gasteiger partial charge < -0.3 is 20.5 Å². The monoisotopic (exact) mass is 297 g/mol. The van der Waals surface area contributed by atoms with E-state index in [4.69, 9.17) is 5.11 Å². The van der Waals surface area contributed by atoms with Crippen molar-refractivity contribution < 1.29 is 19.6 Å². The number of hydrogen-bond acceptors (Lipinski definition) is 4. The van der Waals surface area contributed by atoms with Crippen LogP contribution in [0.1, 0.15) is 43.1 Å². The van der Waals surface area contributed by atoms with E-state index in [1.54, 1.807) is 0 Å². The van der Waals surface area contributed by atoms with Gasteiger partial charge in [-0.1, -0.05) is 13.3 Å². The van der Waals surface area contributed by atoms with Crippen molar-refractivity contribution in [3.63, 3.8) is 0 Å². The number of rotatable bonds is 9. The van der Waals surface area contributed by atoms with Crippen molar-refractivity contribution in [2.45, 2.75) is 32.6 Å². The fraction of sp³-hybridized carbons (Fsp3) is 0.538. The summed E-state index contributed by atoms with van der Waals surface area (Å²) in [6, 6.07) is 2.59. The molecule has 0 aromatic carbocycles. The average molecular weight is 297 g/mol. The minimum absolute atomic E-state index is 0.120. The molecule has 0 saturated carbocycles. The summed E-state index contributed by atoms with van der Waals surface area (Å²) < 4.78 is 0. The second kappa shape index (κ2) is 8.03. The number of carboxylic acid groups (broad SMARTS) is 1. The maximum absolute atomic E-state index is 11.8. The molecular weight excluding hydrogens is 278 g/mol. The number of aliphatic carboxylic acids is 1. The van der Waals surface area contributed by atoms with Crippen molar-refractivity contribution in [2.75, 3.05) is 6.54 Å². The largest absolute Gasteiger partial charge is 0.481 e. The molecule has 0 bridgehead atoms. The van der Waals surface area contributed by atoms with Crippen molar-refractivity contribution in [3.05, 3.63) is 27.9 Å². The minimum Gasteiger partial charge on any atom is -0.481 e. The Morgan fingerprint density at radius 1 is 1.43 bits per heavy atom. The highest BCUT2D eigenvalue weighted by Crippen LogP contribution is 2.15. The molecular formula is C13H19N3O5. The fourth-order valence-corrected chi connectivity index (χ4v) is 1.99. The second-order valence-electron chi connectivity index (χ2n) is 4.77. The zero-order valence-corrected chi connectivity index (χ0v) is 11.8. The van der Waals surface area contributed by atoms with Crippen LogP contribution in [0.3, 0.4) is 0 Å². The molecule has 21 heavy (non-hydrogen) atoms. The molecule has 116 valence electrons. The van der Waals surface area contributed by atoms with Gasteiger partial charge >= 0.3 is 11.8 Å². The molecule has 1 aromatic rings. The van der Waals surface area contributed by atoms with E-state index in [1.807, 2.05) is 6.92 Å². The molecule has 0 fully saturated rings. The number of carbonyl (C=O) groups excluding carboxylic acids is 1. The molecule has 1 rings (SSSR count). The Balaban J connectivity index is 2.37. The Kier molecular flexibility index (Phi) is 6.38.